The first-order valence-corrected chi connectivity index (χ1v) is 12.5. The molecule has 1 heterocycles. The molecule has 1 aliphatic rings. The second-order valence-corrected chi connectivity index (χ2v) is 9.20. The lowest BCUT2D eigenvalue weighted by Gasteiger charge is -2.34. The van der Waals surface area contributed by atoms with Gasteiger partial charge >= 0.3 is 0 Å². The van der Waals surface area contributed by atoms with E-state index in [4.69, 9.17) is 30.5 Å². The van der Waals surface area contributed by atoms with Crippen molar-refractivity contribution in [3.8, 4) is 5.75 Å². The summed E-state index contributed by atoms with van der Waals surface area (Å²) in [4.78, 5) is 0. The van der Waals surface area contributed by atoms with Crippen molar-refractivity contribution in [1.82, 2.24) is 0 Å². The molecule has 5 nitrogen and oxygen atoms in total. The summed E-state index contributed by atoms with van der Waals surface area (Å²) in [7, 11) is 1.62. The third-order valence-corrected chi connectivity index (χ3v) is 6.54. The third-order valence-electron chi connectivity index (χ3n) is 6.17. The first-order chi connectivity index (χ1) is 17.1. The third kappa shape index (κ3) is 7.06. The molecule has 3 aromatic carbocycles. The number of benzene rings is 3. The maximum Gasteiger partial charge on any atom is 0.183 e. The Morgan fingerprint density at radius 3 is 2.51 bits per heavy atom. The van der Waals surface area contributed by atoms with Gasteiger partial charge in [-0.2, -0.15) is 0 Å². The number of rotatable bonds is 10. The van der Waals surface area contributed by atoms with Crippen LogP contribution in [0.1, 0.15) is 54.4 Å². The van der Waals surface area contributed by atoms with Crippen molar-refractivity contribution in [2.75, 3.05) is 20.3 Å². The molecule has 0 bridgehead atoms. The van der Waals surface area contributed by atoms with Gasteiger partial charge in [0.2, 0.25) is 0 Å². The maximum atomic E-state index is 10.6. The van der Waals surface area contributed by atoms with E-state index in [1.165, 1.54) is 0 Å². The minimum absolute atomic E-state index is 0.235. The van der Waals surface area contributed by atoms with E-state index in [0.717, 1.165) is 28.0 Å². The predicted molar refractivity (Wildman–Crippen MR) is 137 cm³/mol. The fourth-order valence-corrected chi connectivity index (χ4v) is 4.62. The summed E-state index contributed by atoms with van der Waals surface area (Å²) in [5, 5.41) is 11.3. The molecule has 1 saturated heterocycles. The average molecular weight is 497 g/mol. The first kappa shape index (κ1) is 25.7. The quantitative estimate of drug-likeness (QED) is 0.335. The summed E-state index contributed by atoms with van der Waals surface area (Å²) in [5.74, 6) is 0.858. The molecule has 186 valence electrons. The lowest BCUT2D eigenvalue weighted by molar-refractivity contribution is -0.179. The highest BCUT2D eigenvalue weighted by Gasteiger charge is 2.30. The molecular formula is C29H33ClO5. The topological polar surface area (TPSA) is 57.2 Å². The fourth-order valence-electron chi connectivity index (χ4n) is 4.44. The Balaban J connectivity index is 1.42. The number of hydrogen-bond acceptors (Lipinski definition) is 5. The monoisotopic (exact) mass is 496 g/mol. The van der Waals surface area contributed by atoms with Gasteiger partial charge in [0.15, 0.2) is 6.29 Å². The Bertz CT molecular complexity index is 1060. The summed E-state index contributed by atoms with van der Waals surface area (Å²) >= 11 is 6.53. The molecule has 4 unspecified atom stereocenters. The van der Waals surface area contributed by atoms with Crippen LogP contribution >= 0.6 is 11.6 Å². The van der Waals surface area contributed by atoms with E-state index < -0.39 is 12.4 Å². The molecule has 1 aliphatic heterocycles. The van der Waals surface area contributed by atoms with Crippen LogP contribution in [0, 0.1) is 0 Å². The normalized spacial score (nSPS) is 21.0. The van der Waals surface area contributed by atoms with Gasteiger partial charge in [-0.15, -0.1) is 0 Å². The van der Waals surface area contributed by atoms with Gasteiger partial charge in [0, 0.05) is 30.5 Å². The number of hydrogen-bond donors (Lipinski definition) is 1. The summed E-state index contributed by atoms with van der Waals surface area (Å²) < 4.78 is 23.4. The van der Waals surface area contributed by atoms with E-state index in [2.05, 4.69) is 18.2 Å². The predicted octanol–water partition coefficient (Wildman–Crippen LogP) is 6.27. The van der Waals surface area contributed by atoms with Gasteiger partial charge in [0.05, 0.1) is 31.5 Å². The average Bonchev–Trinajstić information content (AvgIpc) is 2.87. The fraction of sp³-hybridized carbons (Fsp3) is 0.379. The molecule has 0 saturated carbocycles. The summed E-state index contributed by atoms with van der Waals surface area (Å²) in [6, 6.07) is 23.8. The van der Waals surface area contributed by atoms with Crippen molar-refractivity contribution in [3.05, 3.63) is 100 Å². The maximum absolute atomic E-state index is 10.6. The van der Waals surface area contributed by atoms with Crippen molar-refractivity contribution >= 4 is 11.6 Å². The Morgan fingerprint density at radius 2 is 1.80 bits per heavy atom. The van der Waals surface area contributed by atoms with Gasteiger partial charge < -0.3 is 24.1 Å². The van der Waals surface area contributed by atoms with Crippen LogP contribution in [0.15, 0.2) is 72.8 Å². The Morgan fingerprint density at radius 1 is 1.03 bits per heavy atom. The zero-order valence-electron chi connectivity index (χ0n) is 20.2. The van der Waals surface area contributed by atoms with E-state index in [-0.39, 0.29) is 12.2 Å². The van der Waals surface area contributed by atoms with Crippen LogP contribution in [0.4, 0.5) is 0 Å². The molecule has 35 heavy (non-hydrogen) atoms. The smallest absolute Gasteiger partial charge is 0.183 e. The largest absolute Gasteiger partial charge is 0.494 e. The molecule has 1 fully saturated rings. The zero-order valence-corrected chi connectivity index (χ0v) is 21.0. The Labute approximate surface area is 212 Å². The number of halogens is 1. The highest BCUT2D eigenvalue weighted by Crippen LogP contribution is 2.34. The Hall–Kier alpha value is -2.41. The SMILES string of the molecule is CCOc1ccc(Cc2cc(C3CC(O)CC(COC(OC)c4ccccc4)O3)ccc2Cl)cc1. The van der Waals surface area contributed by atoms with Crippen molar-refractivity contribution in [2.45, 2.75) is 50.8 Å². The second kappa shape index (κ2) is 12.5. The van der Waals surface area contributed by atoms with E-state index in [9.17, 15) is 5.11 Å². The summed E-state index contributed by atoms with van der Waals surface area (Å²) in [6.45, 7) is 2.94. The van der Waals surface area contributed by atoms with Crippen LogP contribution < -0.4 is 4.74 Å². The van der Waals surface area contributed by atoms with Crippen LogP contribution in [-0.4, -0.2) is 37.6 Å². The zero-order chi connectivity index (χ0) is 24.6. The van der Waals surface area contributed by atoms with Gasteiger partial charge in [-0.3, -0.25) is 0 Å². The van der Waals surface area contributed by atoms with Crippen molar-refractivity contribution < 1.29 is 24.1 Å². The molecule has 0 aliphatic carbocycles. The van der Waals surface area contributed by atoms with Crippen LogP contribution in [0.2, 0.25) is 5.02 Å². The lowest BCUT2D eigenvalue weighted by atomic mass is 9.94. The molecule has 0 aromatic heterocycles. The summed E-state index contributed by atoms with van der Waals surface area (Å²) in [5.41, 5.74) is 4.12. The first-order valence-electron chi connectivity index (χ1n) is 12.1. The van der Waals surface area contributed by atoms with E-state index in [0.29, 0.717) is 37.5 Å². The number of aliphatic hydroxyl groups excluding tert-OH is 1. The standard InChI is InChI=1S/C29H33ClO5/c1-3-33-25-12-9-20(10-13-25)15-23-16-22(11-14-27(23)30)28-18-24(31)17-26(35-28)19-34-29(32-2)21-7-5-4-6-8-21/h4-14,16,24,26,28-29,31H,3,15,17-19H2,1-2H3. The van der Waals surface area contributed by atoms with Crippen LogP contribution in [0.5, 0.6) is 5.75 Å². The molecule has 0 spiro atoms. The number of aliphatic hydroxyl groups is 1. The number of methoxy groups -OCH3 is 1. The minimum Gasteiger partial charge on any atom is -0.494 e. The molecule has 4 rings (SSSR count). The molecule has 3 aromatic rings. The van der Waals surface area contributed by atoms with E-state index in [1.807, 2.05) is 61.5 Å². The summed E-state index contributed by atoms with van der Waals surface area (Å²) in [6.07, 6.45) is 0.338. The van der Waals surface area contributed by atoms with Crippen molar-refractivity contribution in [3.63, 3.8) is 0 Å². The molecule has 0 radical (unpaired) electrons. The Kier molecular flexibility index (Phi) is 9.18. The molecule has 1 N–H and O–H groups in total. The van der Waals surface area contributed by atoms with Crippen molar-refractivity contribution in [2.24, 2.45) is 0 Å². The molecule has 6 heteroatoms. The van der Waals surface area contributed by atoms with Crippen LogP contribution in [0.25, 0.3) is 0 Å². The molecule has 0 amide bonds. The van der Waals surface area contributed by atoms with Gasteiger partial charge in [-0.05, 0) is 48.2 Å². The van der Waals surface area contributed by atoms with Crippen LogP contribution in [0.3, 0.4) is 0 Å². The van der Waals surface area contributed by atoms with Gasteiger partial charge in [0.25, 0.3) is 0 Å². The van der Waals surface area contributed by atoms with Crippen LogP contribution in [-0.2, 0) is 20.6 Å². The number of ether oxygens (including phenoxy) is 4. The molecular weight excluding hydrogens is 464 g/mol. The van der Waals surface area contributed by atoms with Gasteiger partial charge in [-0.1, -0.05) is 66.2 Å². The van der Waals surface area contributed by atoms with Gasteiger partial charge in [0.1, 0.15) is 5.75 Å². The highest BCUT2D eigenvalue weighted by atomic mass is 35.5. The van der Waals surface area contributed by atoms with Gasteiger partial charge in [-0.25, -0.2) is 0 Å². The van der Waals surface area contributed by atoms with E-state index in [1.54, 1.807) is 7.11 Å². The van der Waals surface area contributed by atoms with E-state index >= 15 is 0 Å². The highest BCUT2D eigenvalue weighted by molar-refractivity contribution is 6.31. The molecule has 4 atom stereocenters. The van der Waals surface area contributed by atoms with Crippen molar-refractivity contribution in [1.29, 1.82) is 0 Å². The lowest BCUT2D eigenvalue weighted by Crippen LogP contribution is -2.34. The second-order valence-electron chi connectivity index (χ2n) is 8.79. The minimum atomic E-state index is -0.478.